The highest BCUT2D eigenvalue weighted by atomic mass is 16.5. The van der Waals surface area contributed by atoms with Gasteiger partial charge in [-0.1, -0.05) is 56.7 Å². The summed E-state index contributed by atoms with van der Waals surface area (Å²) in [6, 6.07) is 16.5. The van der Waals surface area contributed by atoms with Crippen LogP contribution in [0.2, 0.25) is 0 Å². The van der Waals surface area contributed by atoms with E-state index in [1.807, 2.05) is 24.3 Å². The van der Waals surface area contributed by atoms with Gasteiger partial charge in [0.2, 0.25) is 0 Å². The van der Waals surface area contributed by atoms with E-state index in [9.17, 15) is 0 Å². The first-order valence-corrected chi connectivity index (χ1v) is 8.05. The molecule has 0 aromatic heterocycles. The summed E-state index contributed by atoms with van der Waals surface area (Å²) < 4.78 is 11.6. The molecule has 2 heteroatoms. The second-order valence-corrected chi connectivity index (χ2v) is 5.77. The zero-order valence-electron chi connectivity index (χ0n) is 14.0. The molecule has 2 rings (SSSR count). The number of benzene rings is 2. The van der Waals surface area contributed by atoms with Crippen LogP contribution in [0.25, 0.3) is 0 Å². The van der Waals surface area contributed by atoms with Crippen LogP contribution in [0.3, 0.4) is 0 Å². The minimum absolute atomic E-state index is 0.00554. The summed E-state index contributed by atoms with van der Waals surface area (Å²) in [5, 5.41) is 0. The van der Waals surface area contributed by atoms with Gasteiger partial charge >= 0.3 is 0 Å². The standard InChI is InChI=1S/C20H26O2/c1-5-9-15(2)18-12-13-19(20(14-18)21-4)22-16(3)17-10-7-6-8-11-17/h6-8,10-16H,5,9H2,1-4H3. The lowest BCUT2D eigenvalue weighted by molar-refractivity contribution is 0.216. The molecule has 0 aliphatic heterocycles. The molecule has 0 N–H and O–H groups in total. The number of hydrogen-bond donors (Lipinski definition) is 0. The summed E-state index contributed by atoms with van der Waals surface area (Å²) in [6.07, 6.45) is 2.37. The number of methoxy groups -OCH3 is 1. The molecular weight excluding hydrogens is 272 g/mol. The Morgan fingerprint density at radius 3 is 2.27 bits per heavy atom. The maximum absolute atomic E-state index is 6.09. The lowest BCUT2D eigenvalue weighted by Crippen LogP contribution is -2.04. The Bertz CT molecular complexity index is 578. The second kappa shape index (κ2) is 7.88. The number of ether oxygens (including phenoxy) is 2. The zero-order valence-corrected chi connectivity index (χ0v) is 14.0. The van der Waals surface area contributed by atoms with Gasteiger partial charge in [0.1, 0.15) is 6.10 Å². The van der Waals surface area contributed by atoms with E-state index < -0.39 is 0 Å². The van der Waals surface area contributed by atoms with E-state index in [-0.39, 0.29) is 6.10 Å². The smallest absolute Gasteiger partial charge is 0.162 e. The largest absolute Gasteiger partial charge is 0.493 e. The molecule has 2 atom stereocenters. The summed E-state index contributed by atoms with van der Waals surface area (Å²) >= 11 is 0. The lowest BCUT2D eigenvalue weighted by Gasteiger charge is -2.19. The van der Waals surface area contributed by atoms with Gasteiger partial charge in [-0.05, 0) is 42.5 Å². The van der Waals surface area contributed by atoms with E-state index in [2.05, 4.69) is 45.0 Å². The molecule has 0 amide bonds. The Kier molecular flexibility index (Phi) is 5.88. The normalized spacial score (nSPS) is 13.5. The highest BCUT2D eigenvalue weighted by Gasteiger charge is 2.13. The van der Waals surface area contributed by atoms with Crippen molar-refractivity contribution in [3.05, 3.63) is 59.7 Å². The third-order valence-corrected chi connectivity index (χ3v) is 4.05. The highest BCUT2D eigenvalue weighted by molar-refractivity contribution is 5.44. The summed E-state index contributed by atoms with van der Waals surface area (Å²) in [4.78, 5) is 0. The summed E-state index contributed by atoms with van der Waals surface area (Å²) in [5.41, 5.74) is 2.46. The van der Waals surface area contributed by atoms with Gasteiger partial charge < -0.3 is 9.47 Å². The molecule has 118 valence electrons. The van der Waals surface area contributed by atoms with Crippen molar-refractivity contribution < 1.29 is 9.47 Å². The van der Waals surface area contributed by atoms with E-state index in [0.29, 0.717) is 5.92 Å². The van der Waals surface area contributed by atoms with Crippen molar-refractivity contribution in [2.24, 2.45) is 0 Å². The summed E-state index contributed by atoms with van der Waals surface area (Å²) in [7, 11) is 1.70. The minimum Gasteiger partial charge on any atom is -0.493 e. The van der Waals surface area contributed by atoms with Crippen LogP contribution in [0.4, 0.5) is 0 Å². The van der Waals surface area contributed by atoms with Crippen molar-refractivity contribution in [1.29, 1.82) is 0 Å². The topological polar surface area (TPSA) is 18.5 Å². The third-order valence-electron chi connectivity index (χ3n) is 4.05. The van der Waals surface area contributed by atoms with E-state index in [1.54, 1.807) is 7.11 Å². The minimum atomic E-state index is -0.00554. The molecule has 22 heavy (non-hydrogen) atoms. The van der Waals surface area contributed by atoms with Gasteiger partial charge in [-0.3, -0.25) is 0 Å². The van der Waals surface area contributed by atoms with Crippen LogP contribution in [0.15, 0.2) is 48.5 Å². The van der Waals surface area contributed by atoms with Crippen molar-refractivity contribution in [3.63, 3.8) is 0 Å². The van der Waals surface area contributed by atoms with Crippen molar-refractivity contribution >= 4 is 0 Å². The highest BCUT2D eigenvalue weighted by Crippen LogP contribution is 2.34. The average molecular weight is 298 g/mol. The SMILES string of the molecule is CCCC(C)c1ccc(OC(C)c2ccccc2)c(OC)c1. The molecule has 0 radical (unpaired) electrons. The van der Waals surface area contributed by atoms with Crippen LogP contribution < -0.4 is 9.47 Å². The molecule has 0 aliphatic carbocycles. The summed E-state index contributed by atoms with van der Waals surface area (Å²) in [5.74, 6) is 2.15. The van der Waals surface area contributed by atoms with Gasteiger partial charge in [0.25, 0.3) is 0 Å². The molecular formula is C20H26O2. The molecule has 2 aromatic carbocycles. The van der Waals surface area contributed by atoms with Crippen LogP contribution in [0, 0.1) is 0 Å². The Morgan fingerprint density at radius 1 is 0.909 bits per heavy atom. The van der Waals surface area contributed by atoms with Crippen LogP contribution in [0.1, 0.15) is 56.8 Å². The van der Waals surface area contributed by atoms with Crippen molar-refractivity contribution in [2.45, 2.75) is 45.6 Å². The van der Waals surface area contributed by atoms with Gasteiger partial charge in [0, 0.05) is 0 Å². The lowest BCUT2D eigenvalue weighted by atomic mass is 9.96. The third kappa shape index (κ3) is 4.03. The molecule has 2 unspecified atom stereocenters. The summed E-state index contributed by atoms with van der Waals surface area (Å²) in [6.45, 7) is 6.53. The first-order chi connectivity index (χ1) is 10.7. The number of rotatable bonds is 7. The van der Waals surface area contributed by atoms with Crippen LogP contribution in [-0.2, 0) is 0 Å². The molecule has 0 saturated carbocycles. The van der Waals surface area contributed by atoms with Gasteiger partial charge in [-0.25, -0.2) is 0 Å². The van der Waals surface area contributed by atoms with Crippen LogP contribution in [0.5, 0.6) is 11.5 Å². The van der Waals surface area contributed by atoms with Gasteiger partial charge in [0.05, 0.1) is 7.11 Å². The van der Waals surface area contributed by atoms with Crippen molar-refractivity contribution in [1.82, 2.24) is 0 Å². The Hall–Kier alpha value is -1.96. The Morgan fingerprint density at radius 2 is 1.64 bits per heavy atom. The molecule has 0 aliphatic rings. The molecule has 0 heterocycles. The zero-order chi connectivity index (χ0) is 15.9. The number of hydrogen-bond acceptors (Lipinski definition) is 2. The molecule has 0 saturated heterocycles. The van der Waals surface area contributed by atoms with E-state index in [1.165, 1.54) is 18.4 Å². The average Bonchev–Trinajstić information content (AvgIpc) is 2.56. The van der Waals surface area contributed by atoms with E-state index in [4.69, 9.17) is 9.47 Å². The molecule has 0 spiro atoms. The molecule has 0 bridgehead atoms. The molecule has 0 fully saturated rings. The predicted octanol–water partition coefficient (Wildman–Crippen LogP) is 5.74. The van der Waals surface area contributed by atoms with Crippen molar-refractivity contribution in [2.75, 3.05) is 7.11 Å². The Labute approximate surface area is 134 Å². The first kappa shape index (κ1) is 16.4. The quantitative estimate of drug-likeness (QED) is 0.649. The fraction of sp³-hybridized carbons (Fsp3) is 0.400. The monoisotopic (exact) mass is 298 g/mol. The molecule has 2 aromatic rings. The van der Waals surface area contributed by atoms with E-state index >= 15 is 0 Å². The van der Waals surface area contributed by atoms with Gasteiger partial charge in [-0.2, -0.15) is 0 Å². The Balaban J connectivity index is 2.17. The maximum Gasteiger partial charge on any atom is 0.162 e. The maximum atomic E-state index is 6.09. The fourth-order valence-electron chi connectivity index (χ4n) is 2.67. The van der Waals surface area contributed by atoms with Gasteiger partial charge in [0.15, 0.2) is 11.5 Å². The van der Waals surface area contributed by atoms with Crippen LogP contribution in [-0.4, -0.2) is 7.11 Å². The predicted molar refractivity (Wildman–Crippen MR) is 91.8 cm³/mol. The molecule has 2 nitrogen and oxygen atoms in total. The fourth-order valence-corrected chi connectivity index (χ4v) is 2.67. The van der Waals surface area contributed by atoms with Gasteiger partial charge in [-0.15, -0.1) is 0 Å². The van der Waals surface area contributed by atoms with Crippen molar-refractivity contribution in [3.8, 4) is 11.5 Å². The van der Waals surface area contributed by atoms with Crippen LogP contribution >= 0.6 is 0 Å². The second-order valence-electron chi connectivity index (χ2n) is 5.77. The first-order valence-electron chi connectivity index (χ1n) is 8.05. The van der Waals surface area contributed by atoms with E-state index in [0.717, 1.165) is 17.1 Å².